The molecule has 1 heterocycles. The van der Waals surface area contributed by atoms with Gasteiger partial charge >= 0.3 is 0 Å². The predicted molar refractivity (Wildman–Crippen MR) is 73.6 cm³/mol. The Hall–Kier alpha value is -0.860. The second-order valence-electron chi connectivity index (χ2n) is 6.98. The van der Waals surface area contributed by atoms with Crippen LogP contribution in [0.4, 0.5) is 0 Å². The van der Waals surface area contributed by atoms with E-state index in [4.69, 9.17) is 4.74 Å². The first-order valence-corrected chi connectivity index (χ1v) is 6.89. The minimum atomic E-state index is 0.310. The quantitative estimate of drug-likeness (QED) is 0.884. The van der Waals surface area contributed by atoms with E-state index >= 15 is 0 Å². The summed E-state index contributed by atoms with van der Waals surface area (Å²) >= 11 is 0. The van der Waals surface area contributed by atoms with E-state index in [1.165, 1.54) is 17.5 Å². The van der Waals surface area contributed by atoms with Crippen LogP contribution in [-0.4, -0.2) is 19.8 Å². The zero-order valence-corrected chi connectivity index (χ0v) is 11.6. The number of nitrogens with one attached hydrogen (secondary N) is 1. The van der Waals surface area contributed by atoms with Gasteiger partial charge in [-0.3, -0.25) is 0 Å². The van der Waals surface area contributed by atoms with E-state index in [2.05, 4.69) is 50.4 Å². The average molecular weight is 245 g/mol. The van der Waals surface area contributed by atoms with Gasteiger partial charge in [0.1, 0.15) is 0 Å². The molecule has 1 unspecified atom stereocenters. The van der Waals surface area contributed by atoms with Gasteiger partial charge in [-0.15, -0.1) is 0 Å². The average Bonchev–Trinajstić information content (AvgIpc) is 2.54. The minimum Gasteiger partial charge on any atom is -0.380 e. The summed E-state index contributed by atoms with van der Waals surface area (Å²) in [5.41, 5.74) is 3.65. The molecule has 1 aliphatic carbocycles. The summed E-state index contributed by atoms with van der Waals surface area (Å²) in [6.07, 6.45) is 1.17. The maximum atomic E-state index is 5.33. The van der Waals surface area contributed by atoms with Gasteiger partial charge in [0.15, 0.2) is 0 Å². The van der Waals surface area contributed by atoms with Crippen molar-refractivity contribution in [3.63, 3.8) is 0 Å². The van der Waals surface area contributed by atoms with E-state index in [0.717, 1.165) is 19.8 Å². The molecule has 2 heteroatoms. The Morgan fingerprint density at radius 1 is 1.22 bits per heavy atom. The second-order valence-corrected chi connectivity index (χ2v) is 6.98. The van der Waals surface area contributed by atoms with Crippen molar-refractivity contribution < 1.29 is 4.74 Å². The molecule has 1 fully saturated rings. The van der Waals surface area contributed by atoms with Gasteiger partial charge in [0, 0.05) is 18.0 Å². The molecule has 18 heavy (non-hydrogen) atoms. The summed E-state index contributed by atoms with van der Waals surface area (Å²) in [6, 6.07) is 9.33. The normalized spacial score (nSPS) is 27.6. The molecule has 1 atom stereocenters. The van der Waals surface area contributed by atoms with Crippen molar-refractivity contribution in [3.05, 3.63) is 35.4 Å². The summed E-state index contributed by atoms with van der Waals surface area (Å²) in [7, 11) is 0. The largest absolute Gasteiger partial charge is 0.380 e. The maximum absolute atomic E-state index is 5.33. The number of rotatable bonds is 3. The third kappa shape index (κ3) is 1.98. The van der Waals surface area contributed by atoms with Gasteiger partial charge in [-0.1, -0.05) is 45.0 Å². The third-order valence-electron chi connectivity index (χ3n) is 4.43. The fourth-order valence-electron chi connectivity index (χ4n) is 3.28. The van der Waals surface area contributed by atoms with Gasteiger partial charge in [0.05, 0.1) is 13.2 Å². The SMILES string of the molecule is CC1(CNC2c3ccccc3CC2(C)C)COC1. The summed E-state index contributed by atoms with van der Waals surface area (Å²) < 4.78 is 5.33. The highest BCUT2D eigenvalue weighted by Crippen LogP contribution is 2.45. The Morgan fingerprint density at radius 2 is 1.94 bits per heavy atom. The first kappa shape index (κ1) is 12.2. The van der Waals surface area contributed by atoms with Crippen LogP contribution in [0, 0.1) is 10.8 Å². The smallest absolute Gasteiger partial charge is 0.0554 e. The Morgan fingerprint density at radius 3 is 2.61 bits per heavy atom. The Balaban J connectivity index is 1.77. The zero-order chi connectivity index (χ0) is 12.8. The van der Waals surface area contributed by atoms with Crippen molar-refractivity contribution in [3.8, 4) is 0 Å². The molecule has 1 aromatic carbocycles. The van der Waals surface area contributed by atoms with Crippen LogP contribution < -0.4 is 5.32 Å². The van der Waals surface area contributed by atoms with E-state index in [1.807, 2.05) is 0 Å². The van der Waals surface area contributed by atoms with E-state index in [0.29, 0.717) is 16.9 Å². The van der Waals surface area contributed by atoms with Gasteiger partial charge in [-0.05, 0) is 23.0 Å². The molecule has 0 bridgehead atoms. The summed E-state index contributed by atoms with van der Waals surface area (Å²) in [5, 5.41) is 3.79. The number of benzene rings is 1. The molecule has 2 nitrogen and oxygen atoms in total. The van der Waals surface area contributed by atoms with E-state index in [-0.39, 0.29) is 0 Å². The Kier molecular flexibility index (Phi) is 2.76. The van der Waals surface area contributed by atoms with Crippen molar-refractivity contribution in [1.82, 2.24) is 5.32 Å². The van der Waals surface area contributed by atoms with Crippen molar-refractivity contribution in [2.45, 2.75) is 33.2 Å². The monoisotopic (exact) mass is 245 g/mol. The van der Waals surface area contributed by atoms with E-state index in [1.54, 1.807) is 0 Å². The van der Waals surface area contributed by atoms with Crippen LogP contribution in [-0.2, 0) is 11.2 Å². The fraction of sp³-hybridized carbons (Fsp3) is 0.625. The number of ether oxygens (including phenoxy) is 1. The molecule has 0 spiro atoms. The van der Waals surface area contributed by atoms with Crippen LogP contribution >= 0.6 is 0 Å². The molecule has 1 aliphatic heterocycles. The summed E-state index contributed by atoms with van der Waals surface area (Å²) in [4.78, 5) is 0. The Bertz CT molecular complexity index is 448. The van der Waals surface area contributed by atoms with Crippen molar-refractivity contribution in [2.24, 2.45) is 10.8 Å². The minimum absolute atomic E-state index is 0.310. The molecule has 3 rings (SSSR count). The highest BCUT2D eigenvalue weighted by atomic mass is 16.5. The van der Waals surface area contributed by atoms with Crippen LogP contribution in [0.15, 0.2) is 24.3 Å². The second kappa shape index (κ2) is 4.07. The first-order chi connectivity index (χ1) is 8.50. The predicted octanol–water partition coefficient (Wildman–Crippen LogP) is 2.94. The van der Waals surface area contributed by atoms with Crippen LogP contribution in [0.3, 0.4) is 0 Å². The van der Waals surface area contributed by atoms with E-state index < -0.39 is 0 Å². The molecule has 0 radical (unpaired) electrons. The van der Waals surface area contributed by atoms with Gasteiger partial charge in [-0.25, -0.2) is 0 Å². The molecule has 2 aliphatic rings. The number of fused-ring (bicyclic) bond motifs is 1. The van der Waals surface area contributed by atoms with Gasteiger partial charge in [0.25, 0.3) is 0 Å². The van der Waals surface area contributed by atoms with E-state index in [9.17, 15) is 0 Å². The highest BCUT2D eigenvalue weighted by Gasteiger charge is 2.41. The highest BCUT2D eigenvalue weighted by molar-refractivity contribution is 5.37. The van der Waals surface area contributed by atoms with Crippen LogP contribution in [0.5, 0.6) is 0 Å². The van der Waals surface area contributed by atoms with Crippen molar-refractivity contribution in [1.29, 1.82) is 0 Å². The van der Waals surface area contributed by atoms with Gasteiger partial charge in [0.2, 0.25) is 0 Å². The molecule has 1 N–H and O–H groups in total. The molecule has 0 saturated carbocycles. The fourth-order valence-corrected chi connectivity index (χ4v) is 3.28. The molecule has 0 aromatic heterocycles. The summed E-state index contributed by atoms with van der Waals surface area (Å²) in [6.45, 7) is 9.88. The standard InChI is InChI=1S/C16H23NO/c1-15(2)8-12-6-4-5-7-13(12)14(15)17-9-16(3)10-18-11-16/h4-7,14,17H,8-11H2,1-3H3. The van der Waals surface area contributed by atoms with Gasteiger partial charge in [-0.2, -0.15) is 0 Å². The topological polar surface area (TPSA) is 21.3 Å². The van der Waals surface area contributed by atoms with Crippen molar-refractivity contribution >= 4 is 0 Å². The summed E-state index contributed by atoms with van der Waals surface area (Å²) in [5.74, 6) is 0. The lowest BCUT2D eigenvalue weighted by Gasteiger charge is -2.40. The molecular formula is C16H23NO. The lowest BCUT2D eigenvalue weighted by atomic mass is 9.83. The first-order valence-electron chi connectivity index (χ1n) is 6.89. The molecule has 1 aromatic rings. The Labute approximate surface area is 110 Å². The molecule has 0 amide bonds. The van der Waals surface area contributed by atoms with Gasteiger partial charge < -0.3 is 10.1 Å². The van der Waals surface area contributed by atoms with Crippen molar-refractivity contribution in [2.75, 3.05) is 19.8 Å². The van der Waals surface area contributed by atoms with Crippen LogP contribution in [0.25, 0.3) is 0 Å². The maximum Gasteiger partial charge on any atom is 0.0554 e. The number of hydrogen-bond donors (Lipinski definition) is 1. The lowest BCUT2D eigenvalue weighted by molar-refractivity contribution is -0.101. The van der Waals surface area contributed by atoms with Crippen LogP contribution in [0.1, 0.15) is 37.9 Å². The number of hydrogen-bond acceptors (Lipinski definition) is 2. The third-order valence-corrected chi connectivity index (χ3v) is 4.43. The van der Waals surface area contributed by atoms with Crippen LogP contribution in [0.2, 0.25) is 0 Å². The molecule has 1 saturated heterocycles. The molecule has 98 valence electrons. The molecular weight excluding hydrogens is 222 g/mol. The zero-order valence-electron chi connectivity index (χ0n) is 11.6. The lowest BCUT2D eigenvalue weighted by Crippen LogP contribution is -2.49.